The summed E-state index contributed by atoms with van der Waals surface area (Å²) in [6, 6.07) is -1.74. The first kappa shape index (κ1) is 20.1. The second-order valence-electron chi connectivity index (χ2n) is 4.27. The van der Waals surface area contributed by atoms with Gasteiger partial charge in [0.05, 0.1) is 12.1 Å². The molecule has 0 aliphatic rings. The summed E-state index contributed by atoms with van der Waals surface area (Å²) in [5, 5.41) is -1.43. The first-order valence-corrected chi connectivity index (χ1v) is 10.1. The van der Waals surface area contributed by atoms with Crippen molar-refractivity contribution in [1.82, 2.24) is 0 Å². The average Bonchev–Trinajstić information content (AvgIpc) is 2.45. The zero-order valence-corrected chi connectivity index (χ0v) is 14.5. The molecule has 0 aromatic heterocycles. The highest BCUT2D eigenvalue weighted by Crippen LogP contribution is 2.08. The summed E-state index contributed by atoms with van der Waals surface area (Å²) in [6.45, 7) is 4.05. The third-order valence-electron chi connectivity index (χ3n) is 2.26. The SMILES string of the molecule is CCCSC[C@H](N)C(=O)S(=O)C(=O)[C@@H](N)CSCCC. The number of carbonyl (C=O) groups excluding carboxylic acids is 2. The molecule has 4 N–H and O–H groups in total. The van der Waals surface area contributed by atoms with Crippen LogP contribution in [0.15, 0.2) is 0 Å². The Morgan fingerprint density at radius 1 is 0.950 bits per heavy atom. The van der Waals surface area contributed by atoms with Crippen LogP contribution in [0.3, 0.4) is 0 Å². The van der Waals surface area contributed by atoms with Crippen molar-refractivity contribution in [3.8, 4) is 0 Å². The fourth-order valence-corrected chi connectivity index (χ4v) is 4.07. The van der Waals surface area contributed by atoms with Gasteiger partial charge in [0.15, 0.2) is 10.8 Å². The molecular formula is C12H24N2O3S3. The third-order valence-corrected chi connectivity index (χ3v) is 6.18. The number of hydrogen-bond acceptors (Lipinski definition) is 7. The standard InChI is InChI=1S/C12H24N2O3S3/c1-3-5-18-7-9(13)11(15)20(17)12(16)10(14)8-19-6-4-2/h9-10H,3-8,13-14H2,1-2H3/t9-,10-/m0/s1. The molecular weight excluding hydrogens is 316 g/mol. The Labute approximate surface area is 131 Å². The second-order valence-corrected chi connectivity index (χ2v) is 7.91. The molecule has 0 heterocycles. The van der Waals surface area contributed by atoms with Crippen LogP contribution in [0.4, 0.5) is 0 Å². The van der Waals surface area contributed by atoms with Gasteiger partial charge in [-0.25, -0.2) is 4.21 Å². The number of nitrogens with two attached hydrogens (primary N) is 2. The molecule has 118 valence electrons. The van der Waals surface area contributed by atoms with Crippen molar-refractivity contribution in [2.45, 2.75) is 38.8 Å². The largest absolute Gasteiger partial charge is 0.320 e. The highest BCUT2D eigenvalue weighted by molar-refractivity contribution is 8.13. The predicted molar refractivity (Wildman–Crippen MR) is 89.3 cm³/mol. The van der Waals surface area contributed by atoms with E-state index in [2.05, 4.69) is 0 Å². The summed E-state index contributed by atoms with van der Waals surface area (Å²) in [5.74, 6) is 2.53. The molecule has 0 unspecified atom stereocenters. The van der Waals surface area contributed by atoms with Gasteiger partial charge in [0.1, 0.15) is 0 Å². The Bertz CT molecular complexity index is 310. The lowest BCUT2D eigenvalue weighted by atomic mass is 10.4. The fraction of sp³-hybridized carbons (Fsp3) is 0.833. The Morgan fingerprint density at radius 2 is 1.30 bits per heavy atom. The third kappa shape index (κ3) is 7.78. The van der Waals surface area contributed by atoms with E-state index in [0.717, 1.165) is 24.3 Å². The van der Waals surface area contributed by atoms with Gasteiger partial charge < -0.3 is 11.5 Å². The minimum Gasteiger partial charge on any atom is -0.320 e. The zero-order chi connectivity index (χ0) is 15.5. The van der Waals surface area contributed by atoms with Crippen LogP contribution >= 0.6 is 23.5 Å². The predicted octanol–water partition coefficient (Wildman–Crippen LogP) is 0.729. The van der Waals surface area contributed by atoms with Gasteiger partial charge in [0.25, 0.3) is 0 Å². The monoisotopic (exact) mass is 340 g/mol. The molecule has 0 radical (unpaired) electrons. The van der Waals surface area contributed by atoms with Crippen LogP contribution in [0.1, 0.15) is 26.7 Å². The van der Waals surface area contributed by atoms with Crippen molar-refractivity contribution >= 4 is 44.6 Å². The highest BCUT2D eigenvalue weighted by Gasteiger charge is 2.29. The summed E-state index contributed by atoms with van der Waals surface area (Å²) in [6.07, 6.45) is 1.96. The average molecular weight is 341 g/mol. The topological polar surface area (TPSA) is 103 Å². The molecule has 0 bridgehead atoms. The first-order valence-electron chi connectivity index (χ1n) is 6.61. The number of thioether (sulfide) groups is 2. The quantitative estimate of drug-likeness (QED) is 0.565. The summed E-state index contributed by atoms with van der Waals surface area (Å²) < 4.78 is 11.8. The van der Waals surface area contributed by atoms with Crippen LogP contribution in [0.5, 0.6) is 0 Å². The van der Waals surface area contributed by atoms with Gasteiger partial charge in [0.2, 0.25) is 10.2 Å². The first-order chi connectivity index (χ1) is 9.45. The fourth-order valence-electron chi connectivity index (χ4n) is 1.22. The van der Waals surface area contributed by atoms with Gasteiger partial charge in [-0.3, -0.25) is 9.59 Å². The van der Waals surface area contributed by atoms with Gasteiger partial charge in [-0.15, -0.1) is 0 Å². The molecule has 0 aromatic rings. The Kier molecular flexibility index (Phi) is 11.8. The van der Waals surface area contributed by atoms with E-state index in [0.29, 0.717) is 11.5 Å². The Morgan fingerprint density at radius 3 is 1.60 bits per heavy atom. The molecule has 8 heteroatoms. The van der Waals surface area contributed by atoms with E-state index >= 15 is 0 Å². The molecule has 0 amide bonds. The molecule has 2 atom stereocenters. The van der Waals surface area contributed by atoms with Crippen molar-refractivity contribution in [2.24, 2.45) is 11.5 Å². The van der Waals surface area contributed by atoms with Crippen LogP contribution in [0, 0.1) is 0 Å². The molecule has 0 saturated carbocycles. The minimum absolute atomic E-state index is 0.380. The zero-order valence-electron chi connectivity index (χ0n) is 12.0. The molecule has 0 aliphatic heterocycles. The molecule has 20 heavy (non-hydrogen) atoms. The van der Waals surface area contributed by atoms with Gasteiger partial charge in [0, 0.05) is 11.5 Å². The maximum atomic E-state index is 11.8. The van der Waals surface area contributed by atoms with E-state index in [-0.39, 0.29) is 0 Å². The van der Waals surface area contributed by atoms with Gasteiger partial charge in [-0.2, -0.15) is 23.5 Å². The van der Waals surface area contributed by atoms with Crippen molar-refractivity contribution in [2.75, 3.05) is 23.0 Å². The Hall–Kier alpha value is 0.110. The summed E-state index contributed by atoms with van der Waals surface area (Å²) in [7, 11) is -2.23. The molecule has 0 rings (SSSR count). The molecule has 0 aromatic carbocycles. The molecule has 0 saturated heterocycles. The molecule has 0 spiro atoms. The van der Waals surface area contributed by atoms with E-state index < -0.39 is 33.1 Å². The normalized spacial score (nSPS) is 14.2. The summed E-state index contributed by atoms with van der Waals surface area (Å²) in [4.78, 5) is 23.6. The van der Waals surface area contributed by atoms with E-state index in [1.165, 1.54) is 23.5 Å². The Balaban J connectivity index is 4.26. The second kappa shape index (κ2) is 11.7. The smallest absolute Gasteiger partial charge is 0.244 e. The number of rotatable bonds is 10. The maximum absolute atomic E-state index is 11.8. The maximum Gasteiger partial charge on any atom is 0.244 e. The summed E-state index contributed by atoms with van der Waals surface area (Å²) in [5.41, 5.74) is 11.3. The summed E-state index contributed by atoms with van der Waals surface area (Å²) >= 11 is 3.03. The van der Waals surface area contributed by atoms with Crippen LogP contribution in [0.25, 0.3) is 0 Å². The molecule has 0 fully saturated rings. The van der Waals surface area contributed by atoms with E-state index in [1.807, 2.05) is 13.8 Å². The minimum atomic E-state index is -2.23. The van der Waals surface area contributed by atoms with Gasteiger partial charge in [-0.05, 0) is 24.3 Å². The van der Waals surface area contributed by atoms with Crippen molar-refractivity contribution in [1.29, 1.82) is 0 Å². The number of hydrogen-bond donors (Lipinski definition) is 2. The van der Waals surface area contributed by atoms with Crippen LogP contribution < -0.4 is 11.5 Å². The van der Waals surface area contributed by atoms with Crippen LogP contribution in [-0.2, 0) is 20.4 Å². The molecule has 0 aliphatic carbocycles. The lowest BCUT2D eigenvalue weighted by Crippen LogP contribution is -2.43. The van der Waals surface area contributed by atoms with Crippen molar-refractivity contribution < 1.29 is 13.8 Å². The van der Waals surface area contributed by atoms with Crippen molar-refractivity contribution in [3.05, 3.63) is 0 Å². The van der Waals surface area contributed by atoms with Crippen LogP contribution in [-0.4, -0.2) is 49.5 Å². The number of carbonyl (C=O) groups is 2. The molecule has 5 nitrogen and oxygen atoms in total. The highest BCUT2D eigenvalue weighted by atomic mass is 32.2. The van der Waals surface area contributed by atoms with E-state index in [4.69, 9.17) is 11.5 Å². The van der Waals surface area contributed by atoms with E-state index in [1.54, 1.807) is 0 Å². The van der Waals surface area contributed by atoms with Gasteiger partial charge >= 0.3 is 0 Å². The van der Waals surface area contributed by atoms with Crippen LogP contribution in [0.2, 0.25) is 0 Å². The van der Waals surface area contributed by atoms with Gasteiger partial charge in [-0.1, -0.05) is 13.8 Å². The lowest BCUT2D eigenvalue weighted by Gasteiger charge is -2.12. The lowest BCUT2D eigenvalue weighted by molar-refractivity contribution is -0.114. The van der Waals surface area contributed by atoms with Crippen molar-refractivity contribution in [3.63, 3.8) is 0 Å². The van der Waals surface area contributed by atoms with E-state index in [9.17, 15) is 13.8 Å².